The van der Waals surface area contributed by atoms with Crippen molar-refractivity contribution in [2.24, 2.45) is 0 Å². The molecule has 1 aliphatic heterocycles. The first kappa shape index (κ1) is 18.7. The lowest BCUT2D eigenvalue weighted by atomic mass is 10.2. The number of carbonyl (C=O) groups is 1. The molecule has 0 saturated carbocycles. The molecular formula is C16H25ClN2O3. The molecule has 5 nitrogen and oxygen atoms in total. The third-order valence-corrected chi connectivity index (χ3v) is 3.45. The highest BCUT2D eigenvalue weighted by molar-refractivity contribution is 5.94. The van der Waals surface area contributed by atoms with Crippen LogP contribution in [0.4, 0.5) is 0 Å². The normalized spacial score (nSPS) is 16.9. The van der Waals surface area contributed by atoms with E-state index in [0.29, 0.717) is 24.5 Å². The monoisotopic (exact) mass is 328 g/mol. The zero-order chi connectivity index (χ0) is 14.9. The Morgan fingerprint density at radius 3 is 3.00 bits per heavy atom. The first-order chi connectivity index (χ1) is 10.3. The van der Waals surface area contributed by atoms with Crippen LogP contribution in [0.5, 0.6) is 5.75 Å². The third kappa shape index (κ3) is 6.22. The summed E-state index contributed by atoms with van der Waals surface area (Å²) in [4.78, 5) is 12.0. The van der Waals surface area contributed by atoms with Gasteiger partial charge in [0.25, 0.3) is 5.91 Å². The fourth-order valence-corrected chi connectivity index (χ4v) is 2.26. The Hall–Kier alpha value is -1.30. The minimum atomic E-state index is -0.0614. The summed E-state index contributed by atoms with van der Waals surface area (Å²) in [7, 11) is 1.90. The van der Waals surface area contributed by atoms with Gasteiger partial charge in [0.1, 0.15) is 12.4 Å². The van der Waals surface area contributed by atoms with Gasteiger partial charge in [0.15, 0.2) is 0 Å². The molecule has 1 heterocycles. The minimum Gasteiger partial charge on any atom is -0.491 e. The summed E-state index contributed by atoms with van der Waals surface area (Å²) >= 11 is 0. The molecule has 1 unspecified atom stereocenters. The number of amides is 1. The van der Waals surface area contributed by atoms with Gasteiger partial charge >= 0.3 is 0 Å². The van der Waals surface area contributed by atoms with Crippen molar-refractivity contribution < 1.29 is 14.3 Å². The Morgan fingerprint density at radius 1 is 1.41 bits per heavy atom. The number of hydrogen-bond acceptors (Lipinski definition) is 4. The topological polar surface area (TPSA) is 59.6 Å². The van der Waals surface area contributed by atoms with Crippen LogP contribution in [0, 0.1) is 0 Å². The molecule has 1 aromatic carbocycles. The molecule has 6 heteroatoms. The van der Waals surface area contributed by atoms with Gasteiger partial charge in [-0.05, 0) is 51.1 Å². The summed E-state index contributed by atoms with van der Waals surface area (Å²) in [6.07, 6.45) is 3.25. The number of halogens is 1. The van der Waals surface area contributed by atoms with Gasteiger partial charge in [-0.15, -0.1) is 12.4 Å². The number of benzene rings is 1. The SMILES string of the molecule is CNCCCNC(=O)c1cccc(OCC2CCCO2)c1.Cl. The van der Waals surface area contributed by atoms with E-state index in [0.717, 1.165) is 32.4 Å². The Kier molecular flexibility index (Phi) is 8.89. The van der Waals surface area contributed by atoms with E-state index in [-0.39, 0.29) is 24.4 Å². The van der Waals surface area contributed by atoms with Gasteiger partial charge < -0.3 is 20.1 Å². The van der Waals surface area contributed by atoms with Gasteiger partial charge in [0.05, 0.1) is 6.10 Å². The molecule has 0 radical (unpaired) electrons. The van der Waals surface area contributed by atoms with Crippen LogP contribution in [-0.2, 0) is 4.74 Å². The maximum atomic E-state index is 12.0. The molecule has 1 aliphatic rings. The largest absolute Gasteiger partial charge is 0.491 e. The highest BCUT2D eigenvalue weighted by Gasteiger charge is 2.16. The van der Waals surface area contributed by atoms with E-state index in [9.17, 15) is 4.79 Å². The number of carbonyl (C=O) groups excluding carboxylic acids is 1. The second-order valence-electron chi connectivity index (χ2n) is 5.19. The average Bonchev–Trinajstić information content (AvgIpc) is 3.03. The molecule has 2 rings (SSSR count). The highest BCUT2D eigenvalue weighted by atomic mass is 35.5. The van der Waals surface area contributed by atoms with E-state index in [1.807, 2.05) is 19.2 Å². The predicted octanol–water partition coefficient (Wildman–Crippen LogP) is 2.01. The molecule has 1 amide bonds. The van der Waals surface area contributed by atoms with E-state index in [1.54, 1.807) is 12.1 Å². The van der Waals surface area contributed by atoms with Crippen molar-refractivity contribution in [3.8, 4) is 5.75 Å². The van der Waals surface area contributed by atoms with Crippen molar-refractivity contribution in [2.45, 2.75) is 25.4 Å². The van der Waals surface area contributed by atoms with Crippen molar-refractivity contribution in [3.05, 3.63) is 29.8 Å². The van der Waals surface area contributed by atoms with Crippen LogP contribution in [0.25, 0.3) is 0 Å². The van der Waals surface area contributed by atoms with Crippen LogP contribution < -0.4 is 15.4 Å². The molecule has 1 atom stereocenters. The summed E-state index contributed by atoms with van der Waals surface area (Å²) in [6.45, 7) is 2.93. The van der Waals surface area contributed by atoms with Crippen molar-refractivity contribution >= 4 is 18.3 Å². The zero-order valence-corrected chi connectivity index (χ0v) is 13.8. The van der Waals surface area contributed by atoms with Crippen molar-refractivity contribution in [1.29, 1.82) is 0 Å². The van der Waals surface area contributed by atoms with Crippen LogP contribution in [0.15, 0.2) is 24.3 Å². The lowest BCUT2D eigenvalue weighted by Gasteiger charge is -2.12. The van der Waals surface area contributed by atoms with Crippen molar-refractivity contribution in [1.82, 2.24) is 10.6 Å². The molecule has 22 heavy (non-hydrogen) atoms. The second-order valence-corrected chi connectivity index (χ2v) is 5.19. The van der Waals surface area contributed by atoms with Crippen LogP contribution in [-0.4, -0.2) is 45.4 Å². The molecular weight excluding hydrogens is 304 g/mol. The molecule has 1 aromatic rings. The van der Waals surface area contributed by atoms with Crippen molar-refractivity contribution in [3.63, 3.8) is 0 Å². The lowest BCUT2D eigenvalue weighted by molar-refractivity contribution is 0.0679. The first-order valence-electron chi connectivity index (χ1n) is 7.57. The Morgan fingerprint density at radius 2 is 2.27 bits per heavy atom. The predicted molar refractivity (Wildman–Crippen MR) is 89.0 cm³/mol. The second kappa shape index (κ2) is 10.4. The van der Waals surface area contributed by atoms with Gasteiger partial charge in [-0.2, -0.15) is 0 Å². The smallest absolute Gasteiger partial charge is 0.251 e. The van der Waals surface area contributed by atoms with Gasteiger partial charge in [-0.25, -0.2) is 0 Å². The van der Waals surface area contributed by atoms with Crippen LogP contribution in [0.1, 0.15) is 29.6 Å². The van der Waals surface area contributed by atoms with Crippen molar-refractivity contribution in [2.75, 3.05) is 33.4 Å². The highest BCUT2D eigenvalue weighted by Crippen LogP contribution is 2.17. The molecule has 1 saturated heterocycles. The van der Waals surface area contributed by atoms with Gasteiger partial charge in [-0.3, -0.25) is 4.79 Å². The Bertz CT molecular complexity index is 451. The van der Waals surface area contributed by atoms with E-state index in [4.69, 9.17) is 9.47 Å². The van der Waals surface area contributed by atoms with E-state index < -0.39 is 0 Å². The molecule has 0 aromatic heterocycles. The van der Waals surface area contributed by atoms with Gasteiger partial charge in [0.2, 0.25) is 0 Å². The lowest BCUT2D eigenvalue weighted by Crippen LogP contribution is -2.26. The summed E-state index contributed by atoms with van der Waals surface area (Å²) in [6, 6.07) is 7.29. The van der Waals surface area contributed by atoms with E-state index >= 15 is 0 Å². The van der Waals surface area contributed by atoms with E-state index in [1.165, 1.54) is 0 Å². The average molecular weight is 329 g/mol. The fourth-order valence-electron chi connectivity index (χ4n) is 2.26. The molecule has 124 valence electrons. The number of ether oxygens (including phenoxy) is 2. The van der Waals surface area contributed by atoms with Crippen LogP contribution in [0.3, 0.4) is 0 Å². The minimum absolute atomic E-state index is 0. The maximum Gasteiger partial charge on any atom is 0.251 e. The summed E-state index contributed by atoms with van der Waals surface area (Å²) in [5, 5.41) is 5.95. The maximum absolute atomic E-state index is 12.0. The Balaban J connectivity index is 0.00000242. The van der Waals surface area contributed by atoms with Gasteiger partial charge in [-0.1, -0.05) is 6.07 Å². The molecule has 0 aliphatic carbocycles. The molecule has 0 spiro atoms. The summed E-state index contributed by atoms with van der Waals surface area (Å²) in [5.41, 5.74) is 0.629. The quantitative estimate of drug-likeness (QED) is 0.717. The zero-order valence-electron chi connectivity index (χ0n) is 13.0. The third-order valence-electron chi connectivity index (χ3n) is 3.45. The number of nitrogens with one attached hydrogen (secondary N) is 2. The fraction of sp³-hybridized carbons (Fsp3) is 0.562. The van der Waals surface area contributed by atoms with E-state index in [2.05, 4.69) is 10.6 Å². The molecule has 0 bridgehead atoms. The van der Waals surface area contributed by atoms with Gasteiger partial charge in [0, 0.05) is 18.7 Å². The summed E-state index contributed by atoms with van der Waals surface area (Å²) in [5.74, 6) is 0.655. The van der Waals surface area contributed by atoms with Crippen LogP contribution >= 0.6 is 12.4 Å². The molecule has 1 fully saturated rings. The molecule has 2 N–H and O–H groups in total. The first-order valence-corrected chi connectivity index (χ1v) is 7.57. The standard InChI is InChI=1S/C16H24N2O3.ClH/c1-17-8-4-9-18-16(19)13-5-2-6-14(11-13)21-12-15-7-3-10-20-15;/h2,5-6,11,15,17H,3-4,7-10,12H2,1H3,(H,18,19);1H. The van der Waals surface area contributed by atoms with Crippen LogP contribution in [0.2, 0.25) is 0 Å². The number of rotatable bonds is 8. The number of hydrogen-bond donors (Lipinski definition) is 2. The summed E-state index contributed by atoms with van der Waals surface area (Å²) < 4.78 is 11.2. The Labute approximate surface area is 138 Å².